The van der Waals surface area contributed by atoms with Crippen LogP contribution in [0.1, 0.15) is 11.6 Å². The number of benzene rings is 1. The lowest BCUT2D eigenvalue weighted by Crippen LogP contribution is -2.29. The Labute approximate surface area is 81.7 Å². The van der Waals surface area contributed by atoms with E-state index in [2.05, 4.69) is 4.74 Å². The lowest BCUT2D eigenvalue weighted by atomic mass is 10.0. The van der Waals surface area contributed by atoms with Gasteiger partial charge < -0.3 is 10.5 Å². The van der Waals surface area contributed by atoms with Crippen molar-refractivity contribution in [1.82, 2.24) is 0 Å². The lowest BCUT2D eigenvalue weighted by molar-refractivity contribution is -0.152. The summed E-state index contributed by atoms with van der Waals surface area (Å²) in [5.74, 6) is -1.65. The van der Waals surface area contributed by atoms with Gasteiger partial charge in [0.05, 0.1) is 7.11 Å². The number of ketones is 1. The van der Waals surface area contributed by atoms with Gasteiger partial charge in [0.25, 0.3) is 5.78 Å². The van der Waals surface area contributed by atoms with Gasteiger partial charge in [-0.05, 0) is 5.56 Å². The van der Waals surface area contributed by atoms with Crippen LogP contribution < -0.4 is 5.73 Å². The van der Waals surface area contributed by atoms with E-state index in [1.54, 1.807) is 30.3 Å². The molecule has 0 fully saturated rings. The van der Waals surface area contributed by atoms with Crippen molar-refractivity contribution in [2.75, 3.05) is 7.11 Å². The molecule has 0 saturated carbocycles. The van der Waals surface area contributed by atoms with Crippen molar-refractivity contribution in [2.24, 2.45) is 5.73 Å². The summed E-state index contributed by atoms with van der Waals surface area (Å²) in [7, 11) is 1.15. The van der Waals surface area contributed by atoms with Crippen LogP contribution in [0.15, 0.2) is 30.3 Å². The highest BCUT2D eigenvalue weighted by atomic mass is 16.5. The molecule has 4 heteroatoms. The Morgan fingerprint density at radius 3 is 2.36 bits per heavy atom. The second kappa shape index (κ2) is 4.53. The Morgan fingerprint density at radius 1 is 1.29 bits per heavy atom. The van der Waals surface area contributed by atoms with E-state index in [1.165, 1.54) is 0 Å². The minimum Gasteiger partial charge on any atom is -0.463 e. The summed E-state index contributed by atoms with van der Waals surface area (Å²) in [5.41, 5.74) is 6.16. The molecule has 1 aromatic carbocycles. The van der Waals surface area contributed by atoms with E-state index in [9.17, 15) is 9.59 Å². The molecule has 0 radical (unpaired) electrons. The number of carbonyl (C=O) groups is 2. The number of rotatable bonds is 3. The fourth-order valence-corrected chi connectivity index (χ4v) is 1.04. The number of Topliss-reactive ketones (excluding diaryl/α,β-unsaturated/α-hetero) is 1. The molecule has 74 valence electrons. The third kappa shape index (κ3) is 2.17. The van der Waals surface area contributed by atoms with Crippen molar-refractivity contribution in [2.45, 2.75) is 6.04 Å². The van der Waals surface area contributed by atoms with E-state index >= 15 is 0 Å². The maximum atomic E-state index is 11.3. The zero-order valence-electron chi connectivity index (χ0n) is 7.77. The van der Waals surface area contributed by atoms with Gasteiger partial charge in [0, 0.05) is 0 Å². The zero-order valence-corrected chi connectivity index (χ0v) is 7.77. The van der Waals surface area contributed by atoms with Crippen LogP contribution in [0.5, 0.6) is 0 Å². The first kappa shape index (κ1) is 10.4. The molecule has 0 aliphatic heterocycles. The Balaban J connectivity index is 2.81. The fraction of sp³-hybridized carbons (Fsp3) is 0.200. The van der Waals surface area contributed by atoms with Gasteiger partial charge in [-0.25, -0.2) is 4.79 Å². The van der Waals surface area contributed by atoms with Crippen LogP contribution >= 0.6 is 0 Å². The first-order valence-electron chi connectivity index (χ1n) is 4.09. The monoisotopic (exact) mass is 193 g/mol. The van der Waals surface area contributed by atoms with Gasteiger partial charge in [-0.3, -0.25) is 4.79 Å². The van der Waals surface area contributed by atoms with Gasteiger partial charge >= 0.3 is 5.97 Å². The van der Waals surface area contributed by atoms with Crippen molar-refractivity contribution >= 4 is 11.8 Å². The Hall–Kier alpha value is -1.68. The minimum absolute atomic E-state index is 0.600. The summed E-state index contributed by atoms with van der Waals surface area (Å²) in [6.07, 6.45) is 0. The molecule has 0 aliphatic rings. The molecule has 0 saturated heterocycles. The predicted octanol–water partition coefficient (Wildman–Crippen LogP) is 0.428. The Bertz CT molecular complexity index is 334. The van der Waals surface area contributed by atoms with E-state index in [0.717, 1.165) is 7.11 Å². The summed E-state index contributed by atoms with van der Waals surface area (Å²) in [5, 5.41) is 0. The minimum atomic E-state index is -0.941. The van der Waals surface area contributed by atoms with Crippen LogP contribution in [0.25, 0.3) is 0 Å². The summed E-state index contributed by atoms with van der Waals surface area (Å²) in [4.78, 5) is 22.1. The Kier molecular flexibility index (Phi) is 3.36. The van der Waals surface area contributed by atoms with E-state index < -0.39 is 17.8 Å². The molecule has 0 aromatic heterocycles. The third-order valence-electron chi connectivity index (χ3n) is 1.83. The van der Waals surface area contributed by atoms with Gasteiger partial charge in [0.15, 0.2) is 0 Å². The number of nitrogens with two attached hydrogens (primary N) is 1. The van der Waals surface area contributed by atoms with Crippen LogP contribution in [0.4, 0.5) is 0 Å². The topological polar surface area (TPSA) is 69.4 Å². The molecule has 1 unspecified atom stereocenters. The van der Waals surface area contributed by atoms with Crippen LogP contribution in [-0.2, 0) is 14.3 Å². The van der Waals surface area contributed by atoms with Crippen LogP contribution in [0.3, 0.4) is 0 Å². The summed E-state index contributed by atoms with van der Waals surface area (Å²) < 4.78 is 4.29. The van der Waals surface area contributed by atoms with Crippen molar-refractivity contribution in [3.05, 3.63) is 35.9 Å². The number of methoxy groups -OCH3 is 1. The lowest BCUT2D eigenvalue weighted by Gasteiger charge is -2.08. The molecule has 14 heavy (non-hydrogen) atoms. The smallest absolute Gasteiger partial charge is 0.376 e. The Morgan fingerprint density at radius 2 is 1.86 bits per heavy atom. The van der Waals surface area contributed by atoms with Crippen LogP contribution in [-0.4, -0.2) is 18.9 Å². The molecule has 1 aromatic rings. The van der Waals surface area contributed by atoms with E-state index in [4.69, 9.17) is 5.73 Å². The maximum Gasteiger partial charge on any atom is 0.376 e. The molecule has 0 spiro atoms. The maximum absolute atomic E-state index is 11.3. The van der Waals surface area contributed by atoms with Crippen LogP contribution in [0.2, 0.25) is 0 Å². The molecule has 0 heterocycles. The quantitative estimate of drug-likeness (QED) is 0.558. The normalized spacial score (nSPS) is 11.9. The van der Waals surface area contributed by atoms with E-state index in [1.807, 2.05) is 0 Å². The van der Waals surface area contributed by atoms with Gasteiger partial charge in [0.2, 0.25) is 0 Å². The van der Waals surface area contributed by atoms with Gasteiger partial charge in [-0.15, -0.1) is 0 Å². The van der Waals surface area contributed by atoms with Crippen molar-refractivity contribution < 1.29 is 14.3 Å². The number of hydrogen-bond acceptors (Lipinski definition) is 4. The summed E-state index contributed by atoms with van der Waals surface area (Å²) in [6, 6.07) is 7.73. The molecule has 0 aliphatic carbocycles. The SMILES string of the molecule is COC(=O)C(=O)C(N)c1ccccc1. The van der Waals surface area contributed by atoms with Gasteiger partial charge in [-0.1, -0.05) is 30.3 Å². The molecule has 0 bridgehead atoms. The highest BCUT2D eigenvalue weighted by Crippen LogP contribution is 2.10. The standard InChI is InChI=1S/C10H11NO3/c1-14-10(13)9(12)8(11)7-5-3-2-4-6-7/h2-6,8H,11H2,1H3. The van der Waals surface area contributed by atoms with E-state index in [0.29, 0.717) is 5.56 Å². The number of hydrogen-bond donors (Lipinski definition) is 1. The number of ether oxygens (including phenoxy) is 1. The molecular formula is C10H11NO3. The predicted molar refractivity (Wildman–Crippen MR) is 50.4 cm³/mol. The first-order valence-corrected chi connectivity index (χ1v) is 4.09. The van der Waals surface area contributed by atoms with Crippen LogP contribution in [0, 0.1) is 0 Å². The fourth-order valence-electron chi connectivity index (χ4n) is 1.04. The zero-order chi connectivity index (χ0) is 10.6. The average Bonchev–Trinajstić information content (AvgIpc) is 2.27. The van der Waals surface area contributed by atoms with Gasteiger partial charge in [0.1, 0.15) is 6.04 Å². The average molecular weight is 193 g/mol. The molecule has 1 atom stereocenters. The molecule has 1 rings (SSSR count). The van der Waals surface area contributed by atoms with Crippen molar-refractivity contribution in [3.8, 4) is 0 Å². The second-order valence-corrected chi connectivity index (χ2v) is 2.74. The van der Waals surface area contributed by atoms with Gasteiger partial charge in [-0.2, -0.15) is 0 Å². The molecular weight excluding hydrogens is 182 g/mol. The summed E-state index contributed by atoms with van der Waals surface area (Å²) >= 11 is 0. The van der Waals surface area contributed by atoms with Crippen molar-refractivity contribution in [1.29, 1.82) is 0 Å². The number of carbonyl (C=O) groups excluding carboxylic acids is 2. The number of esters is 1. The molecule has 4 nitrogen and oxygen atoms in total. The highest BCUT2D eigenvalue weighted by Gasteiger charge is 2.23. The largest absolute Gasteiger partial charge is 0.463 e. The molecule has 2 N–H and O–H groups in total. The first-order chi connectivity index (χ1) is 6.66. The summed E-state index contributed by atoms with van der Waals surface area (Å²) in [6.45, 7) is 0. The molecule has 0 amide bonds. The third-order valence-corrected chi connectivity index (χ3v) is 1.83. The second-order valence-electron chi connectivity index (χ2n) is 2.74. The van der Waals surface area contributed by atoms with Crippen molar-refractivity contribution in [3.63, 3.8) is 0 Å². The van der Waals surface area contributed by atoms with E-state index in [-0.39, 0.29) is 0 Å². The highest BCUT2D eigenvalue weighted by molar-refractivity contribution is 6.35.